The zero-order valence-electron chi connectivity index (χ0n) is 11.0. The molecular formula is C13H23NO3S. The fraction of sp³-hybridized carbons (Fsp3) is 0.923. The quantitative estimate of drug-likeness (QED) is 0.838. The molecule has 0 bridgehead atoms. The molecular weight excluding hydrogens is 250 g/mol. The van der Waals surface area contributed by atoms with Crippen LogP contribution in [0.25, 0.3) is 0 Å². The predicted molar refractivity (Wildman–Crippen MR) is 71.2 cm³/mol. The second-order valence-electron chi connectivity index (χ2n) is 5.89. The van der Waals surface area contributed by atoms with Gasteiger partial charge >= 0.3 is 0 Å². The molecule has 0 radical (unpaired) electrons. The van der Waals surface area contributed by atoms with Gasteiger partial charge < -0.3 is 5.32 Å². The first kappa shape index (κ1) is 14.0. The summed E-state index contributed by atoms with van der Waals surface area (Å²) < 4.78 is 23.0. The molecule has 1 atom stereocenters. The molecule has 1 N–H and O–H groups in total. The van der Waals surface area contributed by atoms with Gasteiger partial charge in [0.1, 0.15) is 5.78 Å². The number of carbonyl (C=O) groups is 1. The average Bonchev–Trinajstić information content (AvgIpc) is 2.28. The van der Waals surface area contributed by atoms with E-state index in [0.717, 1.165) is 31.6 Å². The fourth-order valence-corrected chi connectivity index (χ4v) is 4.43. The van der Waals surface area contributed by atoms with Crippen LogP contribution in [0.1, 0.15) is 39.0 Å². The van der Waals surface area contributed by atoms with Gasteiger partial charge in [0, 0.05) is 24.9 Å². The Balaban J connectivity index is 1.84. The summed E-state index contributed by atoms with van der Waals surface area (Å²) in [6.07, 6.45) is 4.62. The van der Waals surface area contributed by atoms with E-state index in [2.05, 4.69) is 12.2 Å². The Morgan fingerprint density at radius 2 is 1.89 bits per heavy atom. The van der Waals surface area contributed by atoms with Gasteiger partial charge in [0.05, 0.1) is 11.5 Å². The Kier molecular flexibility index (Phi) is 4.43. The maximum atomic E-state index is 12.1. The minimum atomic E-state index is -2.93. The molecule has 2 fully saturated rings. The van der Waals surface area contributed by atoms with Gasteiger partial charge in [-0.25, -0.2) is 8.42 Å². The Bertz CT molecular complexity index is 396. The monoisotopic (exact) mass is 273 g/mol. The molecule has 4 nitrogen and oxygen atoms in total. The van der Waals surface area contributed by atoms with E-state index in [1.165, 1.54) is 0 Å². The van der Waals surface area contributed by atoms with Crippen LogP contribution in [0, 0.1) is 11.8 Å². The number of hydrogen-bond donors (Lipinski definition) is 1. The zero-order chi connectivity index (χ0) is 13.2. The molecule has 1 saturated carbocycles. The van der Waals surface area contributed by atoms with Crippen LogP contribution in [-0.4, -0.2) is 38.3 Å². The molecule has 0 amide bonds. The van der Waals surface area contributed by atoms with Gasteiger partial charge in [-0.3, -0.25) is 4.79 Å². The second-order valence-corrected chi connectivity index (χ2v) is 8.12. The minimum Gasteiger partial charge on any atom is -0.312 e. The Hall–Kier alpha value is -0.420. The molecule has 0 aromatic carbocycles. The molecule has 1 heterocycles. The van der Waals surface area contributed by atoms with Crippen LogP contribution >= 0.6 is 0 Å². The molecule has 104 valence electrons. The zero-order valence-corrected chi connectivity index (χ0v) is 11.8. The van der Waals surface area contributed by atoms with E-state index in [-0.39, 0.29) is 29.2 Å². The first-order valence-corrected chi connectivity index (χ1v) is 8.75. The van der Waals surface area contributed by atoms with E-state index < -0.39 is 9.84 Å². The van der Waals surface area contributed by atoms with E-state index in [9.17, 15) is 13.2 Å². The van der Waals surface area contributed by atoms with Crippen LogP contribution in [0.5, 0.6) is 0 Å². The summed E-state index contributed by atoms with van der Waals surface area (Å²) in [4.78, 5) is 12.1. The van der Waals surface area contributed by atoms with E-state index in [1.807, 2.05) is 0 Å². The molecule has 2 rings (SSSR count). The smallest absolute Gasteiger partial charge is 0.153 e. The Labute approximate surface area is 109 Å². The van der Waals surface area contributed by atoms with Gasteiger partial charge in [0.15, 0.2) is 9.84 Å². The van der Waals surface area contributed by atoms with Gasteiger partial charge in [0.2, 0.25) is 0 Å². The summed E-state index contributed by atoms with van der Waals surface area (Å²) in [6.45, 7) is 2.72. The van der Waals surface area contributed by atoms with Gasteiger partial charge in [0.25, 0.3) is 0 Å². The first-order chi connectivity index (χ1) is 8.46. The maximum absolute atomic E-state index is 12.1. The number of ketones is 1. The third kappa shape index (κ3) is 3.79. The molecule has 1 aliphatic heterocycles. The lowest BCUT2D eigenvalue weighted by molar-refractivity contribution is -0.124. The average molecular weight is 273 g/mol. The lowest BCUT2D eigenvalue weighted by Crippen LogP contribution is -2.46. The fourth-order valence-electron chi connectivity index (χ4n) is 2.99. The molecule has 1 saturated heterocycles. The van der Waals surface area contributed by atoms with Gasteiger partial charge in [-0.2, -0.15) is 0 Å². The van der Waals surface area contributed by atoms with Crippen molar-refractivity contribution in [3.8, 4) is 0 Å². The molecule has 18 heavy (non-hydrogen) atoms. The van der Waals surface area contributed by atoms with Gasteiger partial charge in [-0.1, -0.05) is 19.8 Å². The topological polar surface area (TPSA) is 63.2 Å². The third-order valence-electron chi connectivity index (χ3n) is 4.22. The van der Waals surface area contributed by atoms with Crippen molar-refractivity contribution in [3.63, 3.8) is 0 Å². The highest BCUT2D eigenvalue weighted by molar-refractivity contribution is 7.91. The first-order valence-electron chi connectivity index (χ1n) is 6.93. The van der Waals surface area contributed by atoms with E-state index in [1.54, 1.807) is 0 Å². The molecule has 0 aromatic heterocycles. The highest BCUT2D eigenvalue weighted by Crippen LogP contribution is 2.29. The molecule has 1 unspecified atom stereocenters. The number of rotatable bonds is 3. The van der Waals surface area contributed by atoms with Gasteiger partial charge in [-0.05, 0) is 18.8 Å². The van der Waals surface area contributed by atoms with Crippen molar-refractivity contribution < 1.29 is 13.2 Å². The molecule has 1 aliphatic carbocycles. The van der Waals surface area contributed by atoms with Crippen molar-refractivity contribution in [2.24, 2.45) is 11.8 Å². The van der Waals surface area contributed by atoms with Crippen molar-refractivity contribution in [1.29, 1.82) is 0 Å². The second kappa shape index (κ2) is 5.70. The summed E-state index contributed by atoms with van der Waals surface area (Å²) in [5, 5.41) is 3.15. The van der Waals surface area contributed by atoms with E-state index in [0.29, 0.717) is 13.0 Å². The van der Waals surface area contributed by atoms with Crippen LogP contribution in [0.2, 0.25) is 0 Å². The van der Waals surface area contributed by atoms with Crippen LogP contribution in [0.15, 0.2) is 0 Å². The van der Waals surface area contributed by atoms with Crippen LogP contribution in [0.4, 0.5) is 0 Å². The van der Waals surface area contributed by atoms with Crippen molar-refractivity contribution >= 4 is 15.6 Å². The van der Waals surface area contributed by atoms with Crippen LogP contribution in [-0.2, 0) is 14.6 Å². The standard InChI is InChI=1S/C13H23NO3S/c1-10-2-4-11(5-3-10)13(15)8-12-9-18(16,17)7-6-14-12/h10-12,14H,2-9H2,1H3. The van der Waals surface area contributed by atoms with Crippen LogP contribution in [0.3, 0.4) is 0 Å². The number of hydrogen-bond acceptors (Lipinski definition) is 4. The van der Waals surface area contributed by atoms with E-state index >= 15 is 0 Å². The number of sulfone groups is 1. The highest BCUT2D eigenvalue weighted by Gasteiger charge is 2.30. The largest absolute Gasteiger partial charge is 0.312 e. The van der Waals surface area contributed by atoms with Crippen molar-refractivity contribution in [2.45, 2.75) is 45.1 Å². The summed E-state index contributed by atoms with van der Waals surface area (Å²) in [6, 6.07) is -0.157. The summed E-state index contributed by atoms with van der Waals surface area (Å²) in [7, 11) is -2.93. The van der Waals surface area contributed by atoms with Crippen molar-refractivity contribution in [2.75, 3.05) is 18.1 Å². The van der Waals surface area contributed by atoms with Crippen molar-refractivity contribution in [3.05, 3.63) is 0 Å². The van der Waals surface area contributed by atoms with Crippen molar-refractivity contribution in [1.82, 2.24) is 5.32 Å². The normalized spacial score (nSPS) is 36.2. The van der Waals surface area contributed by atoms with E-state index in [4.69, 9.17) is 0 Å². The summed E-state index contributed by atoms with van der Waals surface area (Å²) in [5.74, 6) is 1.51. The molecule has 0 aromatic rings. The maximum Gasteiger partial charge on any atom is 0.153 e. The number of carbonyl (C=O) groups excluding carboxylic acids is 1. The SMILES string of the molecule is CC1CCC(C(=O)CC2CS(=O)(=O)CCN2)CC1. The summed E-state index contributed by atoms with van der Waals surface area (Å²) >= 11 is 0. The number of Topliss-reactive ketones (excluding diaryl/α,β-unsaturated/α-hetero) is 1. The Morgan fingerprint density at radius 1 is 1.22 bits per heavy atom. The van der Waals surface area contributed by atoms with Gasteiger partial charge in [-0.15, -0.1) is 0 Å². The summed E-state index contributed by atoms with van der Waals surface area (Å²) in [5.41, 5.74) is 0. The lowest BCUT2D eigenvalue weighted by Gasteiger charge is -2.28. The molecule has 2 aliphatic rings. The predicted octanol–water partition coefficient (Wildman–Crippen LogP) is 1.16. The lowest BCUT2D eigenvalue weighted by atomic mass is 9.80. The Morgan fingerprint density at radius 3 is 2.50 bits per heavy atom. The molecule has 5 heteroatoms. The highest BCUT2D eigenvalue weighted by atomic mass is 32.2. The molecule has 0 spiro atoms. The minimum absolute atomic E-state index is 0.127. The van der Waals surface area contributed by atoms with Crippen LogP contribution < -0.4 is 5.32 Å². The third-order valence-corrected chi connectivity index (χ3v) is 5.96. The number of nitrogens with one attached hydrogen (secondary N) is 1.